The van der Waals surface area contributed by atoms with Crippen LogP contribution in [0.2, 0.25) is 0 Å². The van der Waals surface area contributed by atoms with Gasteiger partial charge < -0.3 is 15.0 Å². The molecule has 1 heterocycles. The molecule has 2 amide bonds. The molecule has 0 aromatic heterocycles. The lowest BCUT2D eigenvalue weighted by molar-refractivity contribution is -0.151. The molecule has 0 bridgehead atoms. The maximum atomic E-state index is 12.5. The van der Waals surface area contributed by atoms with Gasteiger partial charge in [0.05, 0.1) is 12.6 Å². The van der Waals surface area contributed by atoms with Crippen molar-refractivity contribution in [2.24, 2.45) is 0 Å². The van der Waals surface area contributed by atoms with Crippen LogP contribution in [0.1, 0.15) is 39.5 Å². The second kappa shape index (κ2) is 5.26. The summed E-state index contributed by atoms with van der Waals surface area (Å²) in [5.41, 5.74) is -0.610. The van der Waals surface area contributed by atoms with Crippen molar-refractivity contribution in [3.8, 4) is 0 Å². The third kappa shape index (κ3) is 2.51. The number of rotatable bonds is 4. The maximum absolute atomic E-state index is 12.5. The average molecular weight is 254 g/mol. The van der Waals surface area contributed by atoms with Crippen molar-refractivity contribution in [2.75, 3.05) is 19.7 Å². The molecule has 2 aliphatic rings. The van der Waals surface area contributed by atoms with Gasteiger partial charge in [0.15, 0.2) is 0 Å². The van der Waals surface area contributed by atoms with E-state index in [1.54, 1.807) is 4.90 Å². The normalized spacial score (nSPS) is 24.4. The van der Waals surface area contributed by atoms with Crippen molar-refractivity contribution in [1.29, 1.82) is 0 Å². The Hall–Kier alpha value is -1.10. The molecular weight excluding hydrogens is 232 g/mol. The van der Waals surface area contributed by atoms with Gasteiger partial charge in [0.2, 0.25) is 11.8 Å². The summed E-state index contributed by atoms with van der Waals surface area (Å²) < 4.78 is 5.45. The molecule has 1 saturated heterocycles. The van der Waals surface area contributed by atoms with Crippen molar-refractivity contribution >= 4 is 11.8 Å². The van der Waals surface area contributed by atoms with Crippen molar-refractivity contribution < 1.29 is 14.3 Å². The van der Waals surface area contributed by atoms with Gasteiger partial charge in [-0.05, 0) is 26.7 Å². The first-order chi connectivity index (χ1) is 8.57. The van der Waals surface area contributed by atoms with Gasteiger partial charge in [0, 0.05) is 13.2 Å². The molecule has 0 radical (unpaired) electrons. The highest BCUT2D eigenvalue weighted by molar-refractivity contribution is 5.98. The Bertz CT molecular complexity index is 337. The Kier molecular flexibility index (Phi) is 3.90. The Morgan fingerprint density at radius 2 is 2.06 bits per heavy atom. The lowest BCUT2D eigenvalue weighted by Crippen LogP contribution is -2.66. The minimum absolute atomic E-state index is 0.0247. The summed E-state index contributed by atoms with van der Waals surface area (Å²) in [5, 5.41) is 2.91. The summed E-state index contributed by atoms with van der Waals surface area (Å²) in [6, 6.07) is 0. The highest BCUT2D eigenvalue weighted by atomic mass is 16.5. The van der Waals surface area contributed by atoms with Crippen molar-refractivity contribution in [1.82, 2.24) is 10.2 Å². The summed E-state index contributed by atoms with van der Waals surface area (Å²) in [6.45, 7) is 5.16. The van der Waals surface area contributed by atoms with Crippen LogP contribution in [0.5, 0.6) is 0 Å². The van der Waals surface area contributed by atoms with E-state index in [0.29, 0.717) is 13.2 Å². The maximum Gasteiger partial charge on any atom is 0.248 e. The lowest BCUT2D eigenvalue weighted by atomic mass is 9.93. The highest BCUT2D eigenvalue weighted by Crippen LogP contribution is 2.33. The fraction of sp³-hybridized carbons (Fsp3) is 0.846. The predicted molar refractivity (Wildman–Crippen MR) is 67.0 cm³/mol. The zero-order chi connectivity index (χ0) is 13.2. The molecule has 5 nitrogen and oxygen atoms in total. The molecule has 1 saturated carbocycles. The van der Waals surface area contributed by atoms with Gasteiger partial charge in [0.1, 0.15) is 5.54 Å². The number of hydrogen-bond donors (Lipinski definition) is 1. The molecule has 1 aliphatic carbocycles. The zero-order valence-electron chi connectivity index (χ0n) is 11.2. The van der Waals surface area contributed by atoms with E-state index >= 15 is 0 Å². The number of piperazine rings is 1. The first-order valence-corrected chi connectivity index (χ1v) is 6.79. The number of hydrogen-bond acceptors (Lipinski definition) is 3. The molecule has 102 valence electrons. The lowest BCUT2D eigenvalue weighted by Gasteiger charge is -2.40. The largest absolute Gasteiger partial charge is 0.377 e. The molecule has 2 rings (SSSR count). The van der Waals surface area contributed by atoms with E-state index in [-0.39, 0.29) is 24.5 Å². The molecular formula is C13H22N2O3. The first kappa shape index (κ1) is 13.3. The summed E-state index contributed by atoms with van der Waals surface area (Å²) >= 11 is 0. The Balaban J connectivity index is 2.06. The van der Waals surface area contributed by atoms with E-state index in [0.717, 1.165) is 25.7 Å². The van der Waals surface area contributed by atoms with E-state index < -0.39 is 5.54 Å². The monoisotopic (exact) mass is 254 g/mol. The molecule has 1 atom stereocenters. The van der Waals surface area contributed by atoms with Gasteiger partial charge in [-0.2, -0.15) is 0 Å². The number of carbonyl (C=O) groups is 2. The van der Waals surface area contributed by atoms with E-state index in [4.69, 9.17) is 4.74 Å². The van der Waals surface area contributed by atoms with Crippen LogP contribution in [-0.2, 0) is 14.3 Å². The second-order valence-electron chi connectivity index (χ2n) is 5.29. The quantitative estimate of drug-likeness (QED) is 0.802. The van der Waals surface area contributed by atoms with Crippen LogP contribution < -0.4 is 5.32 Å². The molecule has 5 heteroatoms. The van der Waals surface area contributed by atoms with E-state index in [9.17, 15) is 9.59 Å². The van der Waals surface area contributed by atoms with Gasteiger partial charge >= 0.3 is 0 Å². The molecule has 0 aromatic carbocycles. The number of ether oxygens (including phenoxy) is 1. The molecule has 1 unspecified atom stereocenters. The van der Waals surface area contributed by atoms with E-state index in [1.165, 1.54) is 0 Å². The SMILES string of the molecule is CCOC(C)CN1CC(=O)NC2(CCCC2)C1=O. The summed E-state index contributed by atoms with van der Waals surface area (Å²) in [6.07, 6.45) is 3.55. The van der Waals surface area contributed by atoms with Gasteiger partial charge in [0.25, 0.3) is 0 Å². The van der Waals surface area contributed by atoms with Gasteiger partial charge in [-0.25, -0.2) is 0 Å². The first-order valence-electron chi connectivity index (χ1n) is 6.79. The minimum Gasteiger partial charge on any atom is -0.377 e. The van der Waals surface area contributed by atoms with Crippen molar-refractivity contribution in [3.05, 3.63) is 0 Å². The van der Waals surface area contributed by atoms with E-state index in [1.807, 2.05) is 13.8 Å². The molecule has 0 aromatic rings. The average Bonchev–Trinajstić information content (AvgIpc) is 2.75. The molecule has 1 aliphatic heterocycles. The van der Waals surface area contributed by atoms with Gasteiger partial charge in [-0.15, -0.1) is 0 Å². The highest BCUT2D eigenvalue weighted by Gasteiger charge is 2.48. The molecule has 18 heavy (non-hydrogen) atoms. The second-order valence-corrected chi connectivity index (χ2v) is 5.29. The smallest absolute Gasteiger partial charge is 0.248 e. The van der Waals surface area contributed by atoms with Crippen LogP contribution >= 0.6 is 0 Å². The minimum atomic E-state index is -0.610. The standard InChI is InChI=1S/C13H22N2O3/c1-3-18-10(2)8-15-9-11(16)14-13(12(15)17)6-4-5-7-13/h10H,3-9H2,1-2H3,(H,14,16). The number of carbonyl (C=O) groups excluding carboxylic acids is 2. The third-order valence-corrected chi connectivity index (χ3v) is 3.80. The zero-order valence-corrected chi connectivity index (χ0v) is 11.2. The van der Waals surface area contributed by atoms with Crippen molar-refractivity contribution in [2.45, 2.75) is 51.2 Å². The Labute approximate surface area is 108 Å². The van der Waals surface area contributed by atoms with Crippen LogP contribution in [0.25, 0.3) is 0 Å². The third-order valence-electron chi connectivity index (χ3n) is 3.80. The fourth-order valence-corrected chi connectivity index (χ4v) is 3.02. The number of nitrogens with one attached hydrogen (secondary N) is 1. The van der Waals surface area contributed by atoms with Crippen LogP contribution in [-0.4, -0.2) is 48.1 Å². The van der Waals surface area contributed by atoms with Crippen LogP contribution in [0, 0.1) is 0 Å². The Morgan fingerprint density at radius 1 is 1.39 bits per heavy atom. The van der Waals surface area contributed by atoms with Gasteiger partial charge in [-0.1, -0.05) is 12.8 Å². The summed E-state index contributed by atoms with van der Waals surface area (Å²) in [4.78, 5) is 25.9. The Morgan fingerprint density at radius 3 is 2.67 bits per heavy atom. The molecule has 2 fully saturated rings. The van der Waals surface area contributed by atoms with Crippen LogP contribution in [0.15, 0.2) is 0 Å². The summed E-state index contributed by atoms with van der Waals surface area (Å²) in [7, 11) is 0. The topological polar surface area (TPSA) is 58.6 Å². The van der Waals surface area contributed by atoms with Crippen LogP contribution in [0.3, 0.4) is 0 Å². The van der Waals surface area contributed by atoms with Crippen LogP contribution in [0.4, 0.5) is 0 Å². The number of amides is 2. The van der Waals surface area contributed by atoms with E-state index in [2.05, 4.69) is 5.32 Å². The summed E-state index contributed by atoms with van der Waals surface area (Å²) in [5.74, 6) is 0.0337. The van der Waals surface area contributed by atoms with Gasteiger partial charge in [-0.3, -0.25) is 9.59 Å². The molecule has 1 spiro atoms. The van der Waals surface area contributed by atoms with Crippen molar-refractivity contribution in [3.63, 3.8) is 0 Å². The fourth-order valence-electron chi connectivity index (χ4n) is 3.02. The predicted octanol–water partition coefficient (Wildman–Crippen LogP) is 0.683. The molecule has 1 N–H and O–H groups in total. The number of nitrogens with zero attached hydrogens (tertiary/aromatic N) is 1.